The molecule has 1 unspecified atom stereocenters. The first-order valence-electron chi connectivity index (χ1n) is 9.05. The monoisotopic (exact) mass is 422 g/mol. The first-order valence-corrected chi connectivity index (χ1v) is 10.2. The number of halogens is 1. The third-order valence-corrected chi connectivity index (χ3v) is 5.85. The van der Waals surface area contributed by atoms with Crippen molar-refractivity contribution < 1.29 is 14.7 Å². The van der Waals surface area contributed by atoms with Crippen molar-refractivity contribution >= 4 is 46.1 Å². The molecular formula is C19H23ClN4O3S. The van der Waals surface area contributed by atoms with E-state index in [1.165, 1.54) is 11.3 Å². The summed E-state index contributed by atoms with van der Waals surface area (Å²) in [6.45, 7) is 1.24. The zero-order chi connectivity index (χ0) is 20.1. The van der Waals surface area contributed by atoms with Crippen molar-refractivity contribution in [3.05, 3.63) is 45.6 Å². The fourth-order valence-corrected chi connectivity index (χ4v) is 4.14. The number of rotatable bonds is 8. The van der Waals surface area contributed by atoms with Crippen LogP contribution in [0.25, 0.3) is 0 Å². The number of amides is 2. The quantitative estimate of drug-likeness (QED) is 0.520. The molecule has 1 fully saturated rings. The molecule has 5 N–H and O–H groups in total. The number of nitrogens with one attached hydrogen (secondary N) is 2. The smallest absolute Gasteiger partial charge is 0.261 e. The van der Waals surface area contributed by atoms with E-state index in [1.54, 1.807) is 12.1 Å². The molecule has 0 radical (unpaired) electrons. The molecule has 7 nitrogen and oxygen atoms in total. The molecule has 1 aromatic heterocycles. The van der Waals surface area contributed by atoms with Gasteiger partial charge in [0.05, 0.1) is 15.3 Å². The van der Waals surface area contributed by atoms with Crippen LogP contribution in [0.3, 0.4) is 0 Å². The molecule has 2 amide bonds. The molecule has 0 saturated carbocycles. The van der Waals surface area contributed by atoms with Crippen LogP contribution in [0, 0.1) is 0 Å². The first-order chi connectivity index (χ1) is 13.4. The number of nitrogens with zero attached hydrogens (tertiary/aromatic N) is 1. The molecule has 0 aliphatic carbocycles. The summed E-state index contributed by atoms with van der Waals surface area (Å²) in [5, 5.41) is 15.9. The van der Waals surface area contributed by atoms with Gasteiger partial charge in [0.15, 0.2) is 0 Å². The number of nitrogens with two attached hydrogens (primary N) is 1. The normalized spacial score (nSPS) is 17.4. The number of hydrogen-bond acceptors (Lipinski definition) is 6. The van der Waals surface area contributed by atoms with Crippen molar-refractivity contribution in [2.24, 2.45) is 5.73 Å². The molecule has 1 aromatic carbocycles. The van der Waals surface area contributed by atoms with E-state index in [0.29, 0.717) is 15.8 Å². The maximum Gasteiger partial charge on any atom is 0.261 e. The van der Waals surface area contributed by atoms with Crippen LogP contribution in [0.4, 0.5) is 11.4 Å². The maximum absolute atomic E-state index is 11.9. The van der Waals surface area contributed by atoms with Crippen LogP contribution in [0.15, 0.2) is 36.4 Å². The average Bonchev–Trinajstić information content (AvgIpc) is 3.34. The Hall–Kier alpha value is -2.29. The second-order valence-corrected chi connectivity index (χ2v) is 8.36. The Morgan fingerprint density at radius 2 is 2.00 bits per heavy atom. The second-order valence-electron chi connectivity index (χ2n) is 6.65. The lowest BCUT2D eigenvalue weighted by atomic mass is 10.2. The number of carbonyl (C=O) groups excluding carboxylic acids is 2. The van der Waals surface area contributed by atoms with Gasteiger partial charge in [0.2, 0.25) is 5.91 Å². The van der Waals surface area contributed by atoms with Crippen LogP contribution in [-0.4, -0.2) is 48.7 Å². The van der Waals surface area contributed by atoms with Crippen molar-refractivity contribution in [1.82, 2.24) is 5.32 Å². The van der Waals surface area contributed by atoms with Crippen LogP contribution in [0.1, 0.15) is 22.5 Å². The zero-order valence-electron chi connectivity index (χ0n) is 15.2. The van der Waals surface area contributed by atoms with E-state index in [-0.39, 0.29) is 24.4 Å². The van der Waals surface area contributed by atoms with Crippen LogP contribution in [0.5, 0.6) is 0 Å². The van der Waals surface area contributed by atoms with Crippen LogP contribution in [-0.2, 0) is 4.79 Å². The Morgan fingerprint density at radius 1 is 1.25 bits per heavy atom. The minimum Gasteiger partial charge on any atom is -0.389 e. The Balaban J connectivity index is 1.45. The highest BCUT2D eigenvalue weighted by Gasteiger charge is 2.28. The van der Waals surface area contributed by atoms with E-state index in [9.17, 15) is 14.7 Å². The van der Waals surface area contributed by atoms with Gasteiger partial charge in [-0.2, -0.15) is 0 Å². The molecule has 2 aromatic rings. The zero-order valence-corrected chi connectivity index (χ0v) is 16.8. The topological polar surface area (TPSA) is 108 Å². The fourth-order valence-electron chi connectivity index (χ4n) is 3.18. The number of benzene rings is 1. The number of primary amides is 1. The van der Waals surface area contributed by atoms with Gasteiger partial charge in [-0.15, -0.1) is 11.3 Å². The number of thiophene rings is 1. The van der Waals surface area contributed by atoms with Crippen molar-refractivity contribution in [1.29, 1.82) is 0 Å². The number of carbonyl (C=O) groups is 2. The molecule has 1 aliphatic heterocycles. The van der Waals surface area contributed by atoms with Gasteiger partial charge in [0.25, 0.3) is 5.91 Å². The molecule has 1 saturated heterocycles. The SMILES string of the molecule is NC(=O)[C@@H]1CCCN1c1ccc(NCC(O)CNC(=O)c2ccc(Cl)s2)cc1. The van der Waals surface area contributed by atoms with E-state index in [1.807, 2.05) is 29.2 Å². The Labute approximate surface area is 172 Å². The second kappa shape index (κ2) is 9.27. The minimum atomic E-state index is -0.739. The lowest BCUT2D eigenvalue weighted by Gasteiger charge is -2.24. The molecule has 9 heteroatoms. The summed E-state index contributed by atoms with van der Waals surface area (Å²) in [4.78, 5) is 26.0. The predicted molar refractivity (Wildman–Crippen MR) is 112 cm³/mol. The summed E-state index contributed by atoms with van der Waals surface area (Å²) < 4.78 is 0.548. The van der Waals surface area contributed by atoms with Crippen LogP contribution >= 0.6 is 22.9 Å². The van der Waals surface area contributed by atoms with Gasteiger partial charge in [-0.1, -0.05) is 11.6 Å². The summed E-state index contributed by atoms with van der Waals surface area (Å²) in [5.41, 5.74) is 7.26. The van der Waals surface area contributed by atoms with Gasteiger partial charge in [-0.05, 0) is 49.2 Å². The Bertz CT molecular complexity index is 827. The number of aliphatic hydroxyl groups excluding tert-OH is 1. The molecule has 150 valence electrons. The number of anilines is 2. The van der Waals surface area contributed by atoms with Crippen LogP contribution < -0.4 is 21.3 Å². The van der Waals surface area contributed by atoms with Crippen molar-refractivity contribution in [2.75, 3.05) is 29.9 Å². The summed E-state index contributed by atoms with van der Waals surface area (Å²) >= 11 is 7.01. The lowest BCUT2D eigenvalue weighted by molar-refractivity contribution is -0.119. The van der Waals surface area contributed by atoms with E-state index in [0.717, 1.165) is 30.8 Å². The van der Waals surface area contributed by atoms with E-state index < -0.39 is 6.10 Å². The Kier molecular flexibility index (Phi) is 6.77. The van der Waals surface area contributed by atoms with Gasteiger partial charge in [0, 0.05) is 31.0 Å². The van der Waals surface area contributed by atoms with Crippen molar-refractivity contribution in [3.63, 3.8) is 0 Å². The molecule has 28 heavy (non-hydrogen) atoms. The van der Waals surface area contributed by atoms with Gasteiger partial charge in [0.1, 0.15) is 6.04 Å². The third kappa shape index (κ3) is 5.15. The molecule has 1 aliphatic rings. The number of hydrogen-bond donors (Lipinski definition) is 4. The van der Waals surface area contributed by atoms with Gasteiger partial charge in [-0.3, -0.25) is 9.59 Å². The summed E-state index contributed by atoms with van der Waals surface area (Å²) in [6.07, 6.45) is 0.991. The highest BCUT2D eigenvalue weighted by molar-refractivity contribution is 7.17. The van der Waals surface area contributed by atoms with E-state index >= 15 is 0 Å². The standard InChI is InChI=1S/C19H23ClN4O3S/c20-17-8-7-16(28-17)19(27)23-11-14(25)10-22-12-3-5-13(6-4-12)24-9-1-2-15(24)18(21)26/h3-8,14-15,22,25H,1-2,9-11H2,(H2,21,26)(H,23,27)/t14?,15-/m0/s1. The lowest BCUT2D eigenvalue weighted by Crippen LogP contribution is -2.40. The molecule has 0 spiro atoms. The molecule has 0 bridgehead atoms. The van der Waals surface area contributed by atoms with Crippen molar-refractivity contribution in [3.8, 4) is 0 Å². The van der Waals surface area contributed by atoms with Gasteiger partial charge < -0.3 is 26.4 Å². The Morgan fingerprint density at radius 3 is 2.64 bits per heavy atom. The van der Waals surface area contributed by atoms with Crippen LogP contribution in [0.2, 0.25) is 4.34 Å². The highest BCUT2D eigenvalue weighted by atomic mass is 35.5. The maximum atomic E-state index is 11.9. The average molecular weight is 423 g/mol. The van der Waals surface area contributed by atoms with Crippen molar-refractivity contribution in [2.45, 2.75) is 25.0 Å². The third-order valence-electron chi connectivity index (χ3n) is 4.62. The molecule has 3 rings (SSSR count). The fraction of sp³-hybridized carbons (Fsp3) is 0.368. The summed E-state index contributed by atoms with van der Waals surface area (Å²) in [7, 11) is 0. The highest BCUT2D eigenvalue weighted by Crippen LogP contribution is 2.26. The molecule has 2 atom stereocenters. The minimum absolute atomic E-state index is 0.132. The predicted octanol–water partition coefficient (Wildman–Crippen LogP) is 2.06. The summed E-state index contributed by atoms with van der Waals surface area (Å²) in [5.74, 6) is -0.551. The molecular weight excluding hydrogens is 400 g/mol. The van der Waals surface area contributed by atoms with E-state index in [2.05, 4.69) is 10.6 Å². The van der Waals surface area contributed by atoms with Gasteiger partial charge in [-0.25, -0.2) is 0 Å². The van der Waals surface area contributed by atoms with E-state index in [4.69, 9.17) is 17.3 Å². The molecule has 2 heterocycles. The van der Waals surface area contributed by atoms with Gasteiger partial charge >= 0.3 is 0 Å². The first kappa shape index (κ1) is 20.4. The summed E-state index contributed by atoms with van der Waals surface area (Å²) in [6, 6.07) is 10.7. The number of aliphatic hydroxyl groups is 1. The largest absolute Gasteiger partial charge is 0.389 e.